The normalized spacial score (nSPS) is 25.2. The minimum absolute atomic E-state index is 0.0254. The van der Waals surface area contributed by atoms with Gasteiger partial charge in [0.1, 0.15) is 29.8 Å². The number of benzene rings is 1. The molecule has 2 saturated heterocycles. The Kier molecular flexibility index (Phi) is 9.43. The van der Waals surface area contributed by atoms with E-state index in [1.54, 1.807) is 6.33 Å². The Balaban J connectivity index is 1.60. The van der Waals surface area contributed by atoms with Gasteiger partial charge in [0.15, 0.2) is 18.0 Å². The van der Waals surface area contributed by atoms with Gasteiger partial charge < -0.3 is 27.2 Å². The van der Waals surface area contributed by atoms with E-state index >= 15 is 0 Å². The van der Waals surface area contributed by atoms with Crippen LogP contribution in [0.3, 0.4) is 0 Å². The van der Waals surface area contributed by atoms with E-state index in [0.29, 0.717) is 23.5 Å². The fourth-order valence-corrected chi connectivity index (χ4v) is 17.8. The van der Waals surface area contributed by atoms with E-state index in [9.17, 15) is 0 Å². The predicted octanol–water partition coefficient (Wildman–Crippen LogP) is 6.74. The zero-order chi connectivity index (χ0) is 31.1. The Morgan fingerprint density at radius 1 is 0.930 bits per heavy atom. The van der Waals surface area contributed by atoms with Gasteiger partial charge in [0.2, 0.25) is 0 Å². The van der Waals surface area contributed by atoms with Gasteiger partial charge in [0.25, 0.3) is 0 Å². The van der Waals surface area contributed by atoms with Crippen LogP contribution in [-0.2, 0) is 22.4 Å². The zero-order valence-electron chi connectivity index (χ0n) is 26.5. The summed E-state index contributed by atoms with van der Waals surface area (Å²) in [6, 6.07) is 9.34. The number of ether oxygens (including phenoxy) is 3. The van der Waals surface area contributed by atoms with Gasteiger partial charge in [0.05, 0.1) is 18.6 Å². The highest BCUT2D eigenvalue weighted by atomic mass is 32.1. The van der Waals surface area contributed by atoms with Crippen LogP contribution in [0.15, 0.2) is 43.0 Å². The lowest BCUT2D eigenvalue weighted by atomic mass is 10.1. The van der Waals surface area contributed by atoms with Gasteiger partial charge in [-0.25, -0.2) is 15.0 Å². The van der Waals surface area contributed by atoms with Crippen molar-refractivity contribution in [1.29, 1.82) is 0 Å². The maximum absolute atomic E-state index is 7.40. The summed E-state index contributed by atoms with van der Waals surface area (Å²) in [4.78, 5) is 13.5. The minimum Gasteiger partial charge on any atom is -0.446 e. The SMILES string of the molecule is Cc1ncnc2c1ncn2[C@@H]1O[C@@H]2CO[Si](C(C)C)(C(C)C)O[Si](C(C)C)(C(C)C)O[C@H]2[C@H]1OC(=S)Oc1ccccc1. The van der Waals surface area contributed by atoms with Crippen LogP contribution in [0.25, 0.3) is 11.2 Å². The Morgan fingerprint density at radius 2 is 1.58 bits per heavy atom. The molecule has 0 radical (unpaired) electrons. The summed E-state index contributed by atoms with van der Waals surface area (Å²) >= 11 is 5.64. The molecular weight excluding hydrogens is 601 g/mol. The van der Waals surface area contributed by atoms with Crippen LogP contribution in [0.2, 0.25) is 22.2 Å². The number of hydrogen-bond donors (Lipinski definition) is 0. The minimum atomic E-state index is -2.97. The zero-order valence-corrected chi connectivity index (χ0v) is 29.3. The van der Waals surface area contributed by atoms with Gasteiger partial charge >= 0.3 is 22.4 Å². The van der Waals surface area contributed by atoms with Gasteiger partial charge in [-0.1, -0.05) is 73.6 Å². The molecule has 234 valence electrons. The molecule has 0 N–H and O–H groups in total. The number of hydrogen-bond acceptors (Lipinski definition) is 10. The van der Waals surface area contributed by atoms with Crippen LogP contribution in [0, 0.1) is 6.92 Å². The monoisotopic (exact) mass is 644 g/mol. The lowest BCUT2D eigenvalue weighted by Gasteiger charge is -2.51. The summed E-state index contributed by atoms with van der Waals surface area (Å²) in [5, 5.41) is -0.0254. The largest absolute Gasteiger partial charge is 0.446 e. The second-order valence-electron chi connectivity index (χ2n) is 12.7. The summed E-state index contributed by atoms with van der Waals surface area (Å²) in [5.74, 6) is 0.582. The van der Waals surface area contributed by atoms with E-state index in [1.807, 2.05) is 41.8 Å². The van der Waals surface area contributed by atoms with Gasteiger partial charge in [-0.05, 0) is 41.2 Å². The average molecular weight is 645 g/mol. The van der Waals surface area contributed by atoms with Gasteiger partial charge in [-0.3, -0.25) is 4.57 Å². The average Bonchev–Trinajstić information content (AvgIpc) is 3.50. The van der Waals surface area contributed by atoms with Crippen molar-refractivity contribution in [2.24, 2.45) is 0 Å². The number of imidazole rings is 1. The summed E-state index contributed by atoms with van der Waals surface area (Å²) in [6.07, 6.45) is 0.868. The molecule has 10 nitrogen and oxygen atoms in total. The third-order valence-electron chi connectivity index (χ3n) is 8.61. The van der Waals surface area contributed by atoms with Crippen molar-refractivity contribution < 1.29 is 27.2 Å². The van der Waals surface area contributed by atoms with E-state index in [4.69, 9.17) is 39.4 Å². The number of rotatable bonds is 7. The number of para-hydroxylation sites is 1. The van der Waals surface area contributed by atoms with Crippen LogP contribution in [0.1, 0.15) is 67.3 Å². The second-order valence-corrected chi connectivity index (χ2v) is 21.8. The van der Waals surface area contributed by atoms with E-state index in [-0.39, 0.29) is 27.4 Å². The Hall–Kier alpha value is -2.27. The molecule has 5 rings (SSSR count). The molecule has 0 unspecified atom stereocenters. The van der Waals surface area contributed by atoms with Crippen LogP contribution >= 0.6 is 12.2 Å². The van der Waals surface area contributed by atoms with Crippen molar-refractivity contribution >= 4 is 45.7 Å². The fraction of sp³-hybridized carbons (Fsp3) is 0.600. The highest BCUT2D eigenvalue weighted by molar-refractivity contribution is 7.79. The maximum Gasteiger partial charge on any atom is 0.358 e. The van der Waals surface area contributed by atoms with Gasteiger partial charge in [-0.15, -0.1) is 0 Å². The van der Waals surface area contributed by atoms with Gasteiger partial charge in [0, 0.05) is 12.2 Å². The van der Waals surface area contributed by atoms with Crippen molar-refractivity contribution in [2.75, 3.05) is 6.61 Å². The van der Waals surface area contributed by atoms with Crippen molar-refractivity contribution in [1.82, 2.24) is 19.5 Å². The molecule has 2 aliphatic rings. The molecule has 13 heteroatoms. The Morgan fingerprint density at radius 3 is 2.21 bits per heavy atom. The summed E-state index contributed by atoms with van der Waals surface area (Å²) in [7, 11) is -5.73. The molecule has 2 aromatic heterocycles. The highest BCUT2D eigenvalue weighted by Gasteiger charge is 2.62. The summed E-state index contributed by atoms with van der Waals surface area (Å²) < 4.78 is 42.8. The molecule has 1 aromatic carbocycles. The molecule has 0 spiro atoms. The number of nitrogens with zero attached hydrogens (tertiary/aromatic N) is 4. The number of aryl methyl sites for hydroxylation is 1. The molecule has 4 atom stereocenters. The van der Waals surface area contributed by atoms with E-state index < -0.39 is 41.7 Å². The van der Waals surface area contributed by atoms with Crippen LogP contribution < -0.4 is 4.74 Å². The van der Waals surface area contributed by atoms with Crippen molar-refractivity contribution in [3.8, 4) is 5.75 Å². The molecule has 0 saturated carbocycles. The third kappa shape index (κ3) is 5.92. The highest BCUT2D eigenvalue weighted by Crippen LogP contribution is 2.49. The van der Waals surface area contributed by atoms with E-state index in [1.165, 1.54) is 6.33 Å². The molecule has 4 heterocycles. The molecule has 3 aromatic rings. The second kappa shape index (κ2) is 12.6. The van der Waals surface area contributed by atoms with Crippen LogP contribution in [0.4, 0.5) is 0 Å². The first-order valence-corrected chi connectivity index (χ1v) is 19.5. The fourth-order valence-electron chi connectivity index (χ4n) is 6.35. The van der Waals surface area contributed by atoms with Crippen molar-refractivity contribution in [3.63, 3.8) is 0 Å². The topological polar surface area (TPSA) is 99.0 Å². The number of aromatic nitrogens is 4. The van der Waals surface area contributed by atoms with Crippen LogP contribution in [-0.4, -0.2) is 66.8 Å². The lowest BCUT2D eigenvalue weighted by molar-refractivity contribution is -0.0569. The molecule has 0 amide bonds. The Bertz CT molecular complexity index is 1410. The first-order valence-electron chi connectivity index (χ1n) is 15.1. The number of thiocarbonyl (C=S) groups is 1. The van der Waals surface area contributed by atoms with E-state index in [2.05, 4.69) is 70.3 Å². The molecule has 2 aliphatic heterocycles. The predicted molar refractivity (Wildman–Crippen MR) is 172 cm³/mol. The first-order chi connectivity index (χ1) is 20.4. The molecular formula is C30H44N4O6SSi2. The smallest absolute Gasteiger partial charge is 0.358 e. The third-order valence-corrected chi connectivity index (χ3v) is 19.0. The standard InChI is InChI=1S/C30H44N4O6SSi2/c1-18(2)42(19(3)4)35-15-24-26(39-43(40-42,20(5)6)21(7)8)27(38-30(41)36-23-13-11-10-12-14-23)29(37-24)34-17-33-25-22(9)31-16-32-28(25)34/h10-14,16-21,24,26-27,29H,15H2,1-9H3/t24-,26-,27-,29-/m1/s1. The molecule has 0 aliphatic carbocycles. The molecule has 43 heavy (non-hydrogen) atoms. The van der Waals surface area contributed by atoms with Crippen molar-refractivity contribution in [2.45, 2.75) is 109 Å². The van der Waals surface area contributed by atoms with Crippen molar-refractivity contribution in [3.05, 3.63) is 48.7 Å². The Labute approximate surface area is 261 Å². The van der Waals surface area contributed by atoms with E-state index in [0.717, 1.165) is 5.69 Å². The lowest BCUT2D eigenvalue weighted by Crippen LogP contribution is -2.66. The molecule has 0 bridgehead atoms. The summed E-state index contributed by atoms with van der Waals surface area (Å²) in [5.41, 5.74) is 2.80. The summed E-state index contributed by atoms with van der Waals surface area (Å²) in [6.45, 7) is 19.8. The maximum atomic E-state index is 7.40. The number of fused-ring (bicyclic) bond motifs is 2. The molecule has 2 fully saturated rings. The first kappa shape index (κ1) is 32.1. The van der Waals surface area contributed by atoms with Crippen LogP contribution in [0.5, 0.6) is 5.75 Å². The van der Waals surface area contributed by atoms with Gasteiger partial charge in [-0.2, -0.15) is 0 Å². The quantitative estimate of drug-likeness (QED) is 0.203.